The summed E-state index contributed by atoms with van der Waals surface area (Å²) < 4.78 is 11.3. The summed E-state index contributed by atoms with van der Waals surface area (Å²) in [6.07, 6.45) is 3.44. The quantitative estimate of drug-likeness (QED) is 0.564. The van der Waals surface area contributed by atoms with Crippen LogP contribution in [0.2, 0.25) is 18.1 Å². The Labute approximate surface area is 110 Å². The minimum atomic E-state index is -1.74. The van der Waals surface area contributed by atoms with Gasteiger partial charge in [-0.1, -0.05) is 26.7 Å². The highest BCUT2D eigenvalue weighted by molar-refractivity contribution is 6.73. The first kappa shape index (κ1) is 15.7. The number of hydrogen-bond acceptors (Lipinski definition) is 4. The molecule has 1 fully saturated rings. The summed E-state index contributed by atoms with van der Waals surface area (Å²) in [5.41, 5.74) is -1.67. The molecule has 0 aromatic carbocycles. The predicted molar refractivity (Wildman–Crippen MR) is 72.1 cm³/mol. The molecule has 1 rings (SSSR count). The van der Waals surface area contributed by atoms with Crippen molar-refractivity contribution in [1.29, 1.82) is 0 Å². The van der Waals surface area contributed by atoms with E-state index < -0.39 is 26.1 Å². The van der Waals surface area contributed by atoms with Crippen LogP contribution in [0, 0.1) is 19.0 Å². The molecule has 0 aromatic heterocycles. The molecular formula is C13H23O4Si. The fraction of sp³-hybridized carbons (Fsp3) is 0.769. The van der Waals surface area contributed by atoms with E-state index >= 15 is 0 Å². The van der Waals surface area contributed by atoms with Crippen LogP contribution in [0.5, 0.6) is 0 Å². The minimum absolute atomic E-state index is 0.232. The van der Waals surface area contributed by atoms with Crippen LogP contribution in [0.3, 0.4) is 0 Å². The standard InChI is InChI=1S/C13H23O4Si/c1-5-13(15)11(14)9-16-12(13)10-17-18(6-2,7-3)8-4/h1,9,11-12,14-15H,6-8,10H2,2-4H3/t11-,12+,13-/m0/s1. The Balaban J connectivity index is 2.67. The lowest BCUT2D eigenvalue weighted by atomic mass is 9.95. The number of hydrogen-bond donors (Lipinski definition) is 2. The van der Waals surface area contributed by atoms with Crippen LogP contribution in [0.25, 0.3) is 0 Å². The summed E-state index contributed by atoms with van der Waals surface area (Å²) in [6.45, 7) is 7.80. The van der Waals surface area contributed by atoms with Gasteiger partial charge in [-0.25, -0.2) is 0 Å². The number of aliphatic hydroxyl groups excluding tert-OH is 1. The molecule has 1 aliphatic heterocycles. The highest BCUT2D eigenvalue weighted by atomic mass is 28.4. The van der Waals surface area contributed by atoms with Gasteiger partial charge in [0.15, 0.2) is 13.9 Å². The van der Waals surface area contributed by atoms with Crippen molar-refractivity contribution in [2.45, 2.75) is 56.7 Å². The Morgan fingerprint density at radius 1 is 1.39 bits per heavy atom. The Kier molecular flexibility index (Phi) is 5.38. The Morgan fingerprint density at radius 2 is 1.94 bits per heavy atom. The first-order chi connectivity index (χ1) is 8.48. The summed E-state index contributed by atoms with van der Waals surface area (Å²) in [7, 11) is -1.74. The maximum absolute atomic E-state index is 10.1. The smallest absolute Gasteiger partial charge is 0.192 e. The van der Waals surface area contributed by atoms with E-state index in [0.717, 1.165) is 18.1 Å². The zero-order valence-electron chi connectivity index (χ0n) is 11.3. The molecule has 2 N–H and O–H groups in total. The van der Waals surface area contributed by atoms with Crippen molar-refractivity contribution >= 4 is 8.32 Å². The van der Waals surface area contributed by atoms with Gasteiger partial charge >= 0.3 is 0 Å². The van der Waals surface area contributed by atoms with Crippen LogP contribution in [-0.2, 0) is 9.16 Å². The lowest BCUT2D eigenvalue weighted by Gasteiger charge is -2.32. The van der Waals surface area contributed by atoms with Crippen LogP contribution in [0.4, 0.5) is 0 Å². The molecule has 0 aromatic rings. The largest absolute Gasteiger partial charge is 0.414 e. The van der Waals surface area contributed by atoms with Gasteiger partial charge in [0.25, 0.3) is 0 Å². The predicted octanol–water partition coefficient (Wildman–Crippen LogP) is 1.29. The molecule has 18 heavy (non-hydrogen) atoms. The molecule has 0 saturated carbocycles. The van der Waals surface area contributed by atoms with Gasteiger partial charge in [-0.05, 0) is 18.1 Å². The summed E-state index contributed by atoms with van der Waals surface area (Å²) in [4.78, 5) is 0. The number of aliphatic hydroxyl groups is 2. The molecule has 1 radical (unpaired) electrons. The normalized spacial score (nSPS) is 32.4. The van der Waals surface area contributed by atoms with Crippen LogP contribution in [0.1, 0.15) is 20.8 Å². The fourth-order valence-electron chi connectivity index (χ4n) is 2.22. The first-order valence-electron chi connectivity index (χ1n) is 6.49. The maximum atomic E-state index is 10.1. The molecule has 0 aliphatic carbocycles. The molecule has 3 atom stereocenters. The monoisotopic (exact) mass is 271 g/mol. The highest BCUT2D eigenvalue weighted by Crippen LogP contribution is 2.31. The van der Waals surface area contributed by atoms with Crippen molar-refractivity contribution in [3.05, 3.63) is 6.61 Å². The summed E-state index contributed by atoms with van der Waals surface area (Å²) in [6, 6.07) is 3.06. The minimum Gasteiger partial charge on any atom is -0.414 e. The van der Waals surface area contributed by atoms with E-state index in [0.29, 0.717) is 0 Å². The summed E-state index contributed by atoms with van der Waals surface area (Å²) in [5, 5.41) is 19.7. The van der Waals surface area contributed by atoms with Gasteiger partial charge in [0.1, 0.15) is 18.8 Å². The van der Waals surface area contributed by atoms with Crippen LogP contribution in [0.15, 0.2) is 0 Å². The van der Waals surface area contributed by atoms with Crippen molar-refractivity contribution in [2.75, 3.05) is 6.61 Å². The van der Waals surface area contributed by atoms with Crippen molar-refractivity contribution in [3.63, 3.8) is 0 Å². The number of ether oxygens (including phenoxy) is 1. The third-order valence-electron chi connectivity index (χ3n) is 4.02. The van der Waals surface area contributed by atoms with Gasteiger partial charge in [-0.2, -0.15) is 0 Å². The van der Waals surface area contributed by atoms with E-state index in [4.69, 9.17) is 15.6 Å². The van der Waals surface area contributed by atoms with E-state index in [1.165, 1.54) is 6.61 Å². The average molecular weight is 271 g/mol. The summed E-state index contributed by atoms with van der Waals surface area (Å²) >= 11 is 0. The van der Waals surface area contributed by atoms with E-state index in [1.54, 1.807) is 0 Å². The molecule has 0 spiro atoms. The fourth-order valence-corrected chi connectivity index (χ4v) is 4.84. The topological polar surface area (TPSA) is 58.9 Å². The number of terminal acetylenes is 1. The van der Waals surface area contributed by atoms with E-state index in [2.05, 4.69) is 26.7 Å². The van der Waals surface area contributed by atoms with Crippen LogP contribution < -0.4 is 0 Å². The van der Waals surface area contributed by atoms with Crippen LogP contribution in [-0.4, -0.2) is 42.9 Å². The average Bonchev–Trinajstić information content (AvgIpc) is 2.69. The Bertz CT molecular complexity index is 302. The lowest BCUT2D eigenvalue weighted by Crippen LogP contribution is -2.49. The molecule has 0 bridgehead atoms. The van der Waals surface area contributed by atoms with Gasteiger partial charge in [0, 0.05) is 0 Å². The van der Waals surface area contributed by atoms with Gasteiger partial charge in [-0.3, -0.25) is 0 Å². The van der Waals surface area contributed by atoms with Crippen molar-refractivity contribution in [2.24, 2.45) is 0 Å². The lowest BCUT2D eigenvalue weighted by molar-refractivity contribution is -0.0486. The molecule has 5 heteroatoms. The second-order valence-electron chi connectivity index (χ2n) is 4.73. The van der Waals surface area contributed by atoms with E-state index in [-0.39, 0.29) is 6.61 Å². The molecule has 1 saturated heterocycles. The summed E-state index contributed by atoms with van der Waals surface area (Å²) in [5.74, 6) is 2.22. The molecule has 1 heterocycles. The second-order valence-corrected chi connectivity index (χ2v) is 9.51. The van der Waals surface area contributed by atoms with E-state index in [1.807, 2.05) is 0 Å². The van der Waals surface area contributed by atoms with Gasteiger partial charge in [-0.15, -0.1) is 6.42 Å². The Morgan fingerprint density at radius 3 is 2.39 bits per heavy atom. The van der Waals surface area contributed by atoms with E-state index in [9.17, 15) is 10.2 Å². The van der Waals surface area contributed by atoms with Gasteiger partial charge in [0.2, 0.25) is 0 Å². The maximum Gasteiger partial charge on any atom is 0.192 e. The number of rotatable bonds is 6. The molecule has 0 unspecified atom stereocenters. The van der Waals surface area contributed by atoms with Crippen molar-refractivity contribution in [3.8, 4) is 12.3 Å². The third kappa shape index (κ3) is 2.78. The molecule has 1 aliphatic rings. The zero-order valence-corrected chi connectivity index (χ0v) is 12.3. The van der Waals surface area contributed by atoms with Crippen LogP contribution >= 0.6 is 0 Å². The third-order valence-corrected chi connectivity index (χ3v) is 8.66. The van der Waals surface area contributed by atoms with Gasteiger partial charge in [0.05, 0.1) is 6.61 Å². The van der Waals surface area contributed by atoms with Gasteiger partial charge < -0.3 is 19.4 Å². The molecular weight excluding hydrogens is 248 g/mol. The molecule has 103 valence electrons. The highest BCUT2D eigenvalue weighted by Gasteiger charge is 2.50. The second kappa shape index (κ2) is 6.18. The molecule has 0 amide bonds. The SMILES string of the molecule is C#C[C@]1(O)[C@@H](O)[CH]O[C@@H]1CO[Si](CC)(CC)CC. The molecule has 4 nitrogen and oxygen atoms in total. The van der Waals surface area contributed by atoms with Crippen molar-refractivity contribution in [1.82, 2.24) is 0 Å². The zero-order chi connectivity index (χ0) is 13.8. The van der Waals surface area contributed by atoms with Crippen molar-refractivity contribution < 1.29 is 19.4 Å². The Hall–Kier alpha value is -0.383. The first-order valence-corrected chi connectivity index (χ1v) is 9.02.